The molecular weight excluding hydrogens is 484 g/mol. The Kier molecular flexibility index (Phi) is 7.92. The van der Waals surface area contributed by atoms with Gasteiger partial charge in [-0.1, -0.05) is 59.2 Å². The monoisotopic (exact) mass is 506 g/mol. The van der Waals surface area contributed by atoms with Crippen molar-refractivity contribution in [3.63, 3.8) is 0 Å². The number of aromatic nitrogens is 2. The molecule has 0 aliphatic rings. The van der Waals surface area contributed by atoms with Gasteiger partial charge in [0, 0.05) is 35.7 Å². The van der Waals surface area contributed by atoms with Gasteiger partial charge in [0.15, 0.2) is 6.61 Å². The Bertz CT molecular complexity index is 1330. The number of rotatable bonds is 10. The number of nitro groups is 1. The average molecular weight is 507 g/mol. The van der Waals surface area contributed by atoms with E-state index in [0.29, 0.717) is 35.2 Å². The molecule has 0 aliphatic heterocycles. The van der Waals surface area contributed by atoms with E-state index in [1.54, 1.807) is 41.3 Å². The fourth-order valence-corrected chi connectivity index (χ4v) is 3.78. The smallest absolute Gasteiger partial charge is 0.270 e. The first-order chi connectivity index (χ1) is 17.4. The number of nitrogens with zero attached hydrogens (tertiary/aromatic N) is 4. The van der Waals surface area contributed by atoms with Crippen molar-refractivity contribution in [2.75, 3.05) is 13.2 Å². The van der Waals surface area contributed by atoms with Crippen LogP contribution in [0.1, 0.15) is 24.4 Å². The van der Waals surface area contributed by atoms with Crippen molar-refractivity contribution in [3.05, 3.63) is 105 Å². The number of nitro benzene ring substituents is 1. The van der Waals surface area contributed by atoms with Gasteiger partial charge in [0.2, 0.25) is 11.7 Å². The lowest BCUT2D eigenvalue weighted by atomic mass is 10.1. The van der Waals surface area contributed by atoms with Crippen LogP contribution in [0, 0.1) is 10.1 Å². The van der Waals surface area contributed by atoms with Crippen molar-refractivity contribution in [3.8, 4) is 17.1 Å². The molecule has 0 spiro atoms. The SMILES string of the molecule is C[C@@H](c1ccccc1)N(CCc1nc(-c2cccc([N+](=O)[O-])c2)no1)C(=O)COc1ccc(Cl)cc1. The highest BCUT2D eigenvalue weighted by molar-refractivity contribution is 6.30. The topological polar surface area (TPSA) is 112 Å². The Morgan fingerprint density at radius 1 is 1.11 bits per heavy atom. The maximum absolute atomic E-state index is 13.2. The van der Waals surface area contributed by atoms with Crippen LogP contribution in [0.2, 0.25) is 5.02 Å². The highest BCUT2D eigenvalue weighted by Gasteiger charge is 2.23. The van der Waals surface area contributed by atoms with Crippen LogP contribution in [0.4, 0.5) is 5.69 Å². The first kappa shape index (κ1) is 24.9. The molecule has 1 aromatic heterocycles. The summed E-state index contributed by atoms with van der Waals surface area (Å²) in [6.07, 6.45) is 0.297. The minimum Gasteiger partial charge on any atom is -0.484 e. The molecular formula is C26H23ClN4O5. The lowest BCUT2D eigenvalue weighted by Crippen LogP contribution is -2.38. The molecule has 0 saturated heterocycles. The van der Waals surface area contributed by atoms with Crippen LogP contribution in [0.3, 0.4) is 0 Å². The maximum atomic E-state index is 13.2. The second-order valence-corrected chi connectivity index (χ2v) is 8.42. The van der Waals surface area contributed by atoms with E-state index >= 15 is 0 Å². The Morgan fingerprint density at radius 3 is 2.58 bits per heavy atom. The van der Waals surface area contributed by atoms with Crippen molar-refractivity contribution in [1.29, 1.82) is 0 Å². The zero-order valence-electron chi connectivity index (χ0n) is 19.4. The predicted molar refractivity (Wildman–Crippen MR) is 134 cm³/mol. The summed E-state index contributed by atoms with van der Waals surface area (Å²) >= 11 is 5.92. The van der Waals surface area contributed by atoms with Gasteiger partial charge in [-0.2, -0.15) is 4.98 Å². The van der Waals surface area contributed by atoms with E-state index in [4.69, 9.17) is 20.9 Å². The Hall–Kier alpha value is -4.24. The van der Waals surface area contributed by atoms with Crippen LogP contribution >= 0.6 is 11.6 Å². The van der Waals surface area contributed by atoms with Gasteiger partial charge in [0.1, 0.15) is 5.75 Å². The second kappa shape index (κ2) is 11.5. The van der Waals surface area contributed by atoms with Crippen molar-refractivity contribution in [2.24, 2.45) is 0 Å². The van der Waals surface area contributed by atoms with Crippen molar-refractivity contribution in [2.45, 2.75) is 19.4 Å². The number of ether oxygens (including phenoxy) is 1. The molecule has 0 radical (unpaired) electrons. The highest BCUT2D eigenvalue weighted by atomic mass is 35.5. The Balaban J connectivity index is 1.47. The number of amides is 1. The standard InChI is InChI=1S/C26H23ClN4O5/c1-18(19-6-3-2-4-7-19)30(25(32)17-35-23-12-10-21(27)11-13-23)15-14-24-28-26(29-36-24)20-8-5-9-22(16-20)31(33)34/h2-13,16,18H,14-15,17H2,1H3/t18-/m0/s1. The van der Waals surface area contributed by atoms with E-state index in [-0.39, 0.29) is 30.1 Å². The molecule has 4 aromatic rings. The van der Waals surface area contributed by atoms with E-state index in [1.807, 2.05) is 37.3 Å². The predicted octanol–water partition coefficient (Wildman–Crippen LogP) is 5.51. The van der Waals surface area contributed by atoms with Crippen LogP contribution < -0.4 is 4.74 Å². The average Bonchev–Trinajstić information content (AvgIpc) is 3.38. The van der Waals surface area contributed by atoms with Gasteiger partial charge in [-0.05, 0) is 36.8 Å². The van der Waals surface area contributed by atoms with E-state index in [2.05, 4.69) is 10.1 Å². The van der Waals surface area contributed by atoms with E-state index in [9.17, 15) is 14.9 Å². The van der Waals surface area contributed by atoms with Crippen LogP contribution in [0.25, 0.3) is 11.4 Å². The Morgan fingerprint density at radius 2 is 1.86 bits per heavy atom. The van der Waals surface area contributed by atoms with Crippen molar-refractivity contribution >= 4 is 23.2 Å². The zero-order valence-corrected chi connectivity index (χ0v) is 20.2. The zero-order chi connectivity index (χ0) is 25.5. The quantitative estimate of drug-likeness (QED) is 0.206. The van der Waals surface area contributed by atoms with E-state index in [0.717, 1.165) is 5.56 Å². The molecule has 0 unspecified atom stereocenters. The van der Waals surface area contributed by atoms with Crippen molar-refractivity contribution in [1.82, 2.24) is 15.0 Å². The third kappa shape index (κ3) is 6.25. The van der Waals surface area contributed by atoms with Gasteiger partial charge in [-0.15, -0.1) is 0 Å². The molecule has 0 aliphatic carbocycles. The lowest BCUT2D eigenvalue weighted by molar-refractivity contribution is -0.384. The molecule has 0 fully saturated rings. The number of hydrogen-bond acceptors (Lipinski definition) is 7. The van der Waals surface area contributed by atoms with Gasteiger partial charge < -0.3 is 14.2 Å². The van der Waals surface area contributed by atoms with Crippen LogP contribution in [-0.4, -0.2) is 39.0 Å². The molecule has 0 bridgehead atoms. The number of non-ortho nitro benzene ring substituents is 1. The van der Waals surface area contributed by atoms with E-state index in [1.165, 1.54) is 12.1 Å². The van der Waals surface area contributed by atoms with Gasteiger partial charge in [0.05, 0.1) is 11.0 Å². The summed E-state index contributed by atoms with van der Waals surface area (Å²) in [6, 6.07) is 22.2. The molecule has 3 aromatic carbocycles. The largest absolute Gasteiger partial charge is 0.484 e. The molecule has 0 saturated carbocycles. The highest BCUT2D eigenvalue weighted by Crippen LogP contribution is 2.24. The minimum absolute atomic E-state index is 0.0620. The molecule has 0 N–H and O–H groups in total. The summed E-state index contributed by atoms with van der Waals surface area (Å²) < 4.78 is 11.0. The van der Waals surface area contributed by atoms with Gasteiger partial charge in [-0.3, -0.25) is 14.9 Å². The molecule has 1 amide bonds. The number of benzene rings is 3. The minimum atomic E-state index is -0.481. The summed E-state index contributed by atoms with van der Waals surface area (Å²) in [5.74, 6) is 0.889. The first-order valence-electron chi connectivity index (χ1n) is 11.2. The Labute approximate surface area is 212 Å². The van der Waals surface area contributed by atoms with Crippen LogP contribution in [0.15, 0.2) is 83.4 Å². The molecule has 1 atom stereocenters. The van der Waals surface area contributed by atoms with Gasteiger partial charge in [-0.25, -0.2) is 0 Å². The summed E-state index contributed by atoms with van der Waals surface area (Å²) in [6.45, 7) is 2.09. The van der Waals surface area contributed by atoms with Crippen molar-refractivity contribution < 1.29 is 19.0 Å². The number of carbonyl (C=O) groups excluding carboxylic acids is 1. The normalized spacial score (nSPS) is 11.6. The van der Waals surface area contributed by atoms with Gasteiger partial charge in [0.25, 0.3) is 11.6 Å². The first-order valence-corrected chi connectivity index (χ1v) is 11.6. The summed E-state index contributed by atoms with van der Waals surface area (Å²) in [5.41, 5.74) is 1.38. The summed E-state index contributed by atoms with van der Waals surface area (Å²) in [5, 5.41) is 15.6. The number of carbonyl (C=O) groups is 1. The van der Waals surface area contributed by atoms with Crippen LogP contribution in [0.5, 0.6) is 5.75 Å². The summed E-state index contributed by atoms with van der Waals surface area (Å²) in [7, 11) is 0. The van der Waals surface area contributed by atoms with E-state index < -0.39 is 4.92 Å². The third-order valence-corrected chi connectivity index (χ3v) is 5.85. The van der Waals surface area contributed by atoms with Crippen LogP contribution in [-0.2, 0) is 11.2 Å². The molecule has 4 rings (SSSR count). The third-order valence-electron chi connectivity index (χ3n) is 5.60. The maximum Gasteiger partial charge on any atom is 0.270 e. The second-order valence-electron chi connectivity index (χ2n) is 7.99. The molecule has 10 heteroatoms. The fourth-order valence-electron chi connectivity index (χ4n) is 3.65. The fraction of sp³-hybridized carbons (Fsp3) is 0.192. The van der Waals surface area contributed by atoms with Gasteiger partial charge >= 0.3 is 0 Å². The number of hydrogen-bond donors (Lipinski definition) is 0. The summed E-state index contributed by atoms with van der Waals surface area (Å²) in [4.78, 5) is 29.8. The molecule has 36 heavy (non-hydrogen) atoms. The molecule has 1 heterocycles. The molecule has 9 nitrogen and oxygen atoms in total. The number of halogens is 1. The molecule has 184 valence electrons. The lowest BCUT2D eigenvalue weighted by Gasteiger charge is -2.29.